The number of benzene rings is 2. The molecule has 0 radical (unpaired) electrons. The van der Waals surface area contributed by atoms with Crippen molar-refractivity contribution in [3.63, 3.8) is 0 Å². The summed E-state index contributed by atoms with van der Waals surface area (Å²) in [6.45, 7) is 0. The van der Waals surface area contributed by atoms with Crippen LogP contribution in [0.15, 0.2) is 71.1 Å². The summed E-state index contributed by atoms with van der Waals surface area (Å²) < 4.78 is 0. The van der Waals surface area contributed by atoms with Gasteiger partial charge >= 0.3 is 0 Å². The quantitative estimate of drug-likeness (QED) is 0.546. The molecule has 15 heavy (non-hydrogen) atoms. The van der Waals surface area contributed by atoms with E-state index in [1.165, 1.54) is 0 Å². The van der Waals surface area contributed by atoms with Gasteiger partial charge in [-0.3, -0.25) is 0 Å². The lowest BCUT2D eigenvalue weighted by Gasteiger charge is -1.94. The van der Waals surface area contributed by atoms with E-state index in [1.54, 1.807) is 0 Å². The van der Waals surface area contributed by atoms with E-state index in [0.717, 1.165) is 5.69 Å². The first-order valence-electron chi connectivity index (χ1n) is 4.63. The Morgan fingerprint density at radius 2 is 1.33 bits per heavy atom. The molecule has 0 amide bonds. The monoisotopic (exact) mass is 198 g/mol. The van der Waals surface area contributed by atoms with Crippen LogP contribution in [0.3, 0.4) is 0 Å². The van der Waals surface area contributed by atoms with Crippen molar-refractivity contribution in [3.05, 3.63) is 60.7 Å². The van der Waals surface area contributed by atoms with Crippen molar-refractivity contribution in [2.24, 2.45) is 10.4 Å². The standard InChI is InChI=1S/C12H10N2O/c1-3-7-11(8-4-1)13-14-15-12-9-5-2-6-10-12/h1-10H. The molecule has 2 aromatic carbocycles. The molecular weight excluding hydrogens is 188 g/mol. The normalized spacial score (nSPS) is 10.4. The number of rotatable bonds is 3. The first-order chi connectivity index (χ1) is 7.45. The highest BCUT2D eigenvalue weighted by atomic mass is 16.6. The molecule has 0 unspecified atom stereocenters. The average molecular weight is 198 g/mol. The zero-order valence-corrected chi connectivity index (χ0v) is 8.08. The van der Waals surface area contributed by atoms with Gasteiger partial charge in [-0.1, -0.05) is 36.4 Å². The Hall–Kier alpha value is -2.16. The van der Waals surface area contributed by atoms with Gasteiger partial charge in [-0.2, -0.15) is 0 Å². The van der Waals surface area contributed by atoms with Crippen molar-refractivity contribution in [1.29, 1.82) is 0 Å². The van der Waals surface area contributed by atoms with Crippen LogP contribution >= 0.6 is 0 Å². The molecule has 0 heterocycles. The molecule has 0 fully saturated rings. The van der Waals surface area contributed by atoms with Gasteiger partial charge in [0.2, 0.25) is 0 Å². The largest absolute Gasteiger partial charge is 0.339 e. The lowest BCUT2D eigenvalue weighted by molar-refractivity contribution is 0.312. The topological polar surface area (TPSA) is 34.0 Å². The molecule has 2 aromatic rings. The number of para-hydroxylation sites is 1. The Bertz CT molecular complexity index is 426. The molecule has 3 heteroatoms. The van der Waals surface area contributed by atoms with Gasteiger partial charge in [0.25, 0.3) is 0 Å². The predicted molar refractivity (Wildman–Crippen MR) is 58.0 cm³/mol. The minimum absolute atomic E-state index is 0.678. The molecular formula is C12H10N2O. The molecule has 74 valence electrons. The minimum atomic E-state index is 0.678. The van der Waals surface area contributed by atoms with Gasteiger partial charge in [0, 0.05) is 5.28 Å². The van der Waals surface area contributed by atoms with Crippen molar-refractivity contribution in [2.75, 3.05) is 0 Å². The summed E-state index contributed by atoms with van der Waals surface area (Å²) in [5.41, 5.74) is 0.772. The molecule has 0 atom stereocenters. The fraction of sp³-hybridized carbons (Fsp3) is 0. The molecule has 0 saturated heterocycles. The lowest BCUT2D eigenvalue weighted by Crippen LogP contribution is -1.78. The number of hydrogen-bond acceptors (Lipinski definition) is 3. The molecule has 0 aliphatic carbocycles. The van der Waals surface area contributed by atoms with E-state index in [4.69, 9.17) is 4.84 Å². The maximum atomic E-state index is 5.07. The smallest absolute Gasteiger partial charge is 0.159 e. The average Bonchev–Trinajstić information content (AvgIpc) is 2.32. The van der Waals surface area contributed by atoms with E-state index in [2.05, 4.69) is 10.4 Å². The van der Waals surface area contributed by atoms with Crippen molar-refractivity contribution in [3.8, 4) is 5.75 Å². The van der Waals surface area contributed by atoms with Gasteiger partial charge < -0.3 is 4.84 Å². The first-order valence-corrected chi connectivity index (χ1v) is 4.63. The van der Waals surface area contributed by atoms with E-state index >= 15 is 0 Å². The second kappa shape index (κ2) is 4.91. The summed E-state index contributed by atoms with van der Waals surface area (Å²) in [4.78, 5) is 5.07. The van der Waals surface area contributed by atoms with E-state index in [-0.39, 0.29) is 0 Å². The van der Waals surface area contributed by atoms with Crippen LogP contribution in [0.4, 0.5) is 5.69 Å². The minimum Gasteiger partial charge on any atom is -0.339 e. The molecule has 0 aromatic heterocycles. The lowest BCUT2D eigenvalue weighted by atomic mass is 10.3. The van der Waals surface area contributed by atoms with Crippen LogP contribution in [-0.2, 0) is 0 Å². The second-order valence-corrected chi connectivity index (χ2v) is 2.92. The molecule has 0 spiro atoms. The van der Waals surface area contributed by atoms with Crippen LogP contribution in [0.25, 0.3) is 0 Å². The highest BCUT2D eigenvalue weighted by molar-refractivity contribution is 5.34. The Morgan fingerprint density at radius 3 is 2.00 bits per heavy atom. The Balaban J connectivity index is 1.97. The third-order valence-electron chi connectivity index (χ3n) is 1.80. The predicted octanol–water partition coefficient (Wildman–Crippen LogP) is 3.76. The number of hydrogen-bond donors (Lipinski definition) is 0. The van der Waals surface area contributed by atoms with Crippen molar-refractivity contribution < 1.29 is 4.84 Å². The zero-order valence-electron chi connectivity index (χ0n) is 8.08. The van der Waals surface area contributed by atoms with Gasteiger partial charge in [0.05, 0.1) is 5.69 Å². The summed E-state index contributed by atoms with van der Waals surface area (Å²) in [5, 5.41) is 7.54. The second-order valence-electron chi connectivity index (χ2n) is 2.92. The van der Waals surface area contributed by atoms with E-state index in [0.29, 0.717) is 5.75 Å². The Morgan fingerprint density at radius 1 is 0.733 bits per heavy atom. The summed E-state index contributed by atoms with van der Waals surface area (Å²) in [6.07, 6.45) is 0. The van der Waals surface area contributed by atoms with Gasteiger partial charge in [-0.05, 0) is 24.3 Å². The molecule has 0 bridgehead atoms. The third kappa shape index (κ3) is 2.91. The van der Waals surface area contributed by atoms with Crippen LogP contribution in [-0.4, -0.2) is 0 Å². The molecule has 0 saturated carbocycles. The van der Waals surface area contributed by atoms with Crippen LogP contribution in [0.1, 0.15) is 0 Å². The highest BCUT2D eigenvalue weighted by Gasteiger charge is 1.88. The van der Waals surface area contributed by atoms with E-state index < -0.39 is 0 Å². The van der Waals surface area contributed by atoms with E-state index in [1.807, 2.05) is 60.7 Å². The van der Waals surface area contributed by atoms with Gasteiger partial charge in [-0.25, -0.2) is 0 Å². The third-order valence-corrected chi connectivity index (χ3v) is 1.80. The molecule has 2 rings (SSSR count). The van der Waals surface area contributed by atoms with Gasteiger partial charge in [0.1, 0.15) is 0 Å². The fourth-order valence-corrected chi connectivity index (χ4v) is 1.09. The molecule has 0 N–H and O–H groups in total. The van der Waals surface area contributed by atoms with Crippen LogP contribution in [0.5, 0.6) is 5.75 Å². The molecule has 0 aliphatic heterocycles. The van der Waals surface area contributed by atoms with Crippen LogP contribution < -0.4 is 4.84 Å². The maximum Gasteiger partial charge on any atom is 0.159 e. The zero-order chi connectivity index (χ0) is 10.3. The number of nitrogens with zero attached hydrogens (tertiary/aromatic N) is 2. The van der Waals surface area contributed by atoms with Gasteiger partial charge in [-0.15, -0.1) is 5.11 Å². The van der Waals surface area contributed by atoms with Crippen LogP contribution in [0, 0.1) is 0 Å². The van der Waals surface area contributed by atoms with Crippen LogP contribution in [0.2, 0.25) is 0 Å². The SMILES string of the molecule is c1ccc(N=NOc2ccccc2)cc1. The maximum absolute atomic E-state index is 5.07. The highest BCUT2D eigenvalue weighted by Crippen LogP contribution is 2.13. The summed E-state index contributed by atoms with van der Waals surface area (Å²) >= 11 is 0. The summed E-state index contributed by atoms with van der Waals surface area (Å²) in [7, 11) is 0. The Labute approximate surface area is 88.0 Å². The van der Waals surface area contributed by atoms with E-state index in [9.17, 15) is 0 Å². The summed E-state index contributed by atoms with van der Waals surface area (Å²) in [5.74, 6) is 0.678. The molecule has 3 nitrogen and oxygen atoms in total. The fourth-order valence-electron chi connectivity index (χ4n) is 1.09. The summed E-state index contributed by atoms with van der Waals surface area (Å²) in [6, 6.07) is 18.8. The van der Waals surface area contributed by atoms with Crippen molar-refractivity contribution in [1.82, 2.24) is 0 Å². The van der Waals surface area contributed by atoms with Crippen molar-refractivity contribution >= 4 is 5.69 Å². The Kier molecular flexibility index (Phi) is 3.07. The van der Waals surface area contributed by atoms with Gasteiger partial charge in [0.15, 0.2) is 5.75 Å². The first kappa shape index (κ1) is 9.40. The molecule has 0 aliphatic rings. The van der Waals surface area contributed by atoms with Crippen molar-refractivity contribution in [2.45, 2.75) is 0 Å².